The minimum absolute atomic E-state index is 0.299. The van der Waals surface area contributed by atoms with E-state index < -0.39 is 0 Å². The molecule has 0 aliphatic heterocycles. The van der Waals surface area contributed by atoms with Crippen LogP contribution in [0, 0.1) is 13.8 Å². The molecule has 0 fully saturated rings. The van der Waals surface area contributed by atoms with Crippen molar-refractivity contribution in [1.82, 2.24) is 15.3 Å². The third-order valence-electron chi connectivity index (χ3n) is 3.66. The summed E-state index contributed by atoms with van der Waals surface area (Å²) in [6.07, 6.45) is 2.05. The fourth-order valence-electron chi connectivity index (χ4n) is 2.61. The predicted molar refractivity (Wildman–Crippen MR) is 90.2 cm³/mol. The molecule has 2 aromatic heterocycles. The van der Waals surface area contributed by atoms with E-state index in [1.165, 1.54) is 15.8 Å². The summed E-state index contributed by atoms with van der Waals surface area (Å²) in [5, 5.41) is 6.68. The first-order valence-electron chi connectivity index (χ1n) is 6.97. The van der Waals surface area contributed by atoms with Crippen LogP contribution in [-0.2, 0) is 6.54 Å². The van der Waals surface area contributed by atoms with Crippen LogP contribution in [0.3, 0.4) is 0 Å². The number of thiazole rings is 1. The maximum absolute atomic E-state index is 6.01. The van der Waals surface area contributed by atoms with E-state index in [1.807, 2.05) is 18.3 Å². The van der Waals surface area contributed by atoms with Gasteiger partial charge in [0.1, 0.15) is 0 Å². The summed E-state index contributed by atoms with van der Waals surface area (Å²) in [4.78, 5) is 9.08. The van der Waals surface area contributed by atoms with E-state index in [4.69, 9.17) is 11.6 Å². The molecule has 110 valence electrons. The Balaban J connectivity index is 1.76. The van der Waals surface area contributed by atoms with Gasteiger partial charge in [0.25, 0.3) is 0 Å². The number of benzene rings is 1. The molecule has 0 aliphatic rings. The fourth-order valence-corrected chi connectivity index (χ4v) is 3.74. The molecule has 0 saturated carbocycles. The maximum atomic E-state index is 6.01. The highest BCUT2D eigenvalue weighted by Gasteiger charge is 2.13. The van der Waals surface area contributed by atoms with Gasteiger partial charge in [0.15, 0.2) is 0 Å². The predicted octanol–water partition coefficient (Wildman–Crippen LogP) is 4.75. The van der Waals surface area contributed by atoms with Crippen LogP contribution >= 0.6 is 22.9 Å². The van der Waals surface area contributed by atoms with E-state index in [2.05, 4.69) is 42.1 Å². The van der Waals surface area contributed by atoms with Gasteiger partial charge in [-0.3, -0.25) is 0 Å². The molecule has 0 radical (unpaired) electrons. The van der Waals surface area contributed by atoms with Gasteiger partial charge in [0, 0.05) is 39.6 Å². The number of aryl methyl sites for hydroxylation is 2. The fraction of sp³-hybridized carbons (Fsp3) is 0.312. The van der Waals surface area contributed by atoms with Crippen molar-refractivity contribution in [2.24, 2.45) is 0 Å². The molecular weight excluding hydrogens is 302 g/mol. The Labute approximate surface area is 133 Å². The molecule has 0 saturated heterocycles. The van der Waals surface area contributed by atoms with Crippen molar-refractivity contribution in [3.8, 4) is 0 Å². The lowest BCUT2D eigenvalue weighted by molar-refractivity contribution is 0.581. The maximum Gasteiger partial charge on any atom is 0.0900 e. The summed E-state index contributed by atoms with van der Waals surface area (Å²) in [6.45, 7) is 7.13. The Hall–Kier alpha value is -1.36. The standard InChI is InChI=1S/C16H18ClN3S/c1-9(16-10(2)20-11(3)21-16)18-7-12-8-19-15-6-13(17)4-5-14(12)15/h4-6,8-9,18-19H,7H2,1-3H3. The van der Waals surface area contributed by atoms with Gasteiger partial charge in [-0.05, 0) is 38.5 Å². The lowest BCUT2D eigenvalue weighted by Gasteiger charge is -2.12. The van der Waals surface area contributed by atoms with Crippen LogP contribution < -0.4 is 5.32 Å². The van der Waals surface area contributed by atoms with E-state index in [0.29, 0.717) is 6.04 Å². The number of halogens is 1. The van der Waals surface area contributed by atoms with E-state index in [-0.39, 0.29) is 0 Å². The molecule has 0 spiro atoms. The van der Waals surface area contributed by atoms with Gasteiger partial charge in [-0.15, -0.1) is 11.3 Å². The molecule has 1 atom stereocenters. The first-order chi connectivity index (χ1) is 10.0. The number of H-pyrrole nitrogens is 1. The SMILES string of the molecule is Cc1nc(C)c(C(C)NCc2c[nH]c3cc(Cl)ccc23)s1. The minimum atomic E-state index is 0.299. The summed E-state index contributed by atoms with van der Waals surface area (Å²) in [6, 6.07) is 6.26. The zero-order chi connectivity index (χ0) is 15.0. The van der Waals surface area contributed by atoms with Gasteiger partial charge in [0.05, 0.1) is 10.7 Å². The number of nitrogens with one attached hydrogen (secondary N) is 2. The van der Waals surface area contributed by atoms with Gasteiger partial charge in [-0.2, -0.15) is 0 Å². The second kappa shape index (κ2) is 5.79. The quantitative estimate of drug-likeness (QED) is 0.729. The minimum Gasteiger partial charge on any atom is -0.361 e. The normalized spacial score (nSPS) is 13.0. The topological polar surface area (TPSA) is 40.7 Å². The van der Waals surface area contributed by atoms with Gasteiger partial charge < -0.3 is 10.3 Å². The van der Waals surface area contributed by atoms with Crippen LogP contribution in [0.1, 0.15) is 34.1 Å². The molecule has 0 bridgehead atoms. The molecule has 21 heavy (non-hydrogen) atoms. The molecule has 1 aromatic carbocycles. The second-order valence-electron chi connectivity index (χ2n) is 5.29. The largest absolute Gasteiger partial charge is 0.361 e. The van der Waals surface area contributed by atoms with Gasteiger partial charge in [0.2, 0.25) is 0 Å². The van der Waals surface area contributed by atoms with Crippen molar-refractivity contribution in [2.75, 3.05) is 0 Å². The third-order valence-corrected chi connectivity index (χ3v) is 5.15. The Morgan fingerprint density at radius 3 is 2.90 bits per heavy atom. The van der Waals surface area contributed by atoms with Crippen LogP contribution in [0.4, 0.5) is 0 Å². The molecular formula is C16H18ClN3S. The van der Waals surface area contributed by atoms with E-state index in [1.54, 1.807) is 11.3 Å². The van der Waals surface area contributed by atoms with Crippen LogP contribution in [-0.4, -0.2) is 9.97 Å². The summed E-state index contributed by atoms with van der Waals surface area (Å²) < 4.78 is 0. The Kier molecular flexibility index (Phi) is 4.02. The first-order valence-corrected chi connectivity index (χ1v) is 8.17. The molecule has 1 unspecified atom stereocenters. The van der Waals surface area contributed by atoms with Crippen molar-refractivity contribution >= 4 is 33.8 Å². The number of hydrogen-bond acceptors (Lipinski definition) is 3. The molecule has 2 N–H and O–H groups in total. The molecule has 3 aromatic rings. The van der Waals surface area contributed by atoms with Gasteiger partial charge in [-0.25, -0.2) is 4.98 Å². The van der Waals surface area contributed by atoms with E-state index in [0.717, 1.165) is 27.8 Å². The summed E-state index contributed by atoms with van der Waals surface area (Å²) in [7, 11) is 0. The van der Waals surface area contributed by atoms with Crippen molar-refractivity contribution in [1.29, 1.82) is 0 Å². The second-order valence-corrected chi connectivity index (χ2v) is 6.96. The number of aromatic amines is 1. The monoisotopic (exact) mass is 319 g/mol. The van der Waals surface area contributed by atoms with Crippen molar-refractivity contribution in [3.05, 3.63) is 50.6 Å². The van der Waals surface area contributed by atoms with Gasteiger partial charge >= 0.3 is 0 Å². The van der Waals surface area contributed by atoms with E-state index in [9.17, 15) is 0 Å². The Morgan fingerprint density at radius 1 is 1.38 bits per heavy atom. The van der Waals surface area contributed by atoms with Crippen LogP contribution in [0.15, 0.2) is 24.4 Å². The lowest BCUT2D eigenvalue weighted by atomic mass is 10.1. The zero-order valence-electron chi connectivity index (χ0n) is 12.3. The molecule has 2 heterocycles. The molecule has 0 aliphatic carbocycles. The first kappa shape index (κ1) is 14.6. The number of aromatic nitrogens is 2. The smallest absolute Gasteiger partial charge is 0.0900 e. The number of fused-ring (bicyclic) bond motifs is 1. The summed E-state index contributed by atoms with van der Waals surface area (Å²) in [5.41, 5.74) is 3.47. The van der Waals surface area contributed by atoms with E-state index >= 15 is 0 Å². The molecule has 0 amide bonds. The van der Waals surface area contributed by atoms with Crippen molar-refractivity contribution < 1.29 is 0 Å². The summed E-state index contributed by atoms with van der Waals surface area (Å²) >= 11 is 7.78. The zero-order valence-corrected chi connectivity index (χ0v) is 13.9. The number of rotatable bonds is 4. The van der Waals surface area contributed by atoms with Crippen molar-refractivity contribution in [2.45, 2.75) is 33.4 Å². The summed E-state index contributed by atoms with van der Waals surface area (Å²) in [5.74, 6) is 0. The highest BCUT2D eigenvalue weighted by Crippen LogP contribution is 2.26. The number of hydrogen-bond donors (Lipinski definition) is 2. The highest BCUT2D eigenvalue weighted by atomic mass is 35.5. The average molecular weight is 320 g/mol. The Bertz CT molecular complexity index is 775. The highest BCUT2D eigenvalue weighted by molar-refractivity contribution is 7.11. The van der Waals surface area contributed by atoms with Gasteiger partial charge in [-0.1, -0.05) is 17.7 Å². The Morgan fingerprint density at radius 2 is 2.19 bits per heavy atom. The lowest BCUT2D eigenvalue weighted by Crippen LogP contribution is -2.17. The third kappa shape index (κ3) is 2.98. The molecule has 3 rings (SSSR count). The number of nitrogens with zero attached hydrogens (tertiary/aromatic N) is 1. The van der Waals surface area contributed by atoms with Crippen molar-refractivity contribution in [3.63, 3.8) is 0 Å². The van der Waals surface area contributed by atoms with Crippen LogP contribution in [0.2, 0.25) is 5.02 Å². The van der Waals surface area contributed by atoms with Crippen LogP contribution in [0.25, 0.3) is 10.9 Å². The average Bonchev–Trinajstić information content (AvgIpc) is 2.98. The van der Waals surface area contributed by atoms with Crippen LogP contribution in [0.5, 0.6) is 0 Å². The molecule has 5 heteroatoms. The molecule has 3 nitrogen and oxygen atoms in total.